The quantitative estimate of drug-likeness (QED) is 0.759. The molecule has 0 radical (unpaired) electrons. The third-order valence-corrected chi connectivity index (χ3v) is 4.18. The predicted molar refractivity (Wildman–Crippen MR) is 81.5 cm³/mol. The second-order valence-corrected chi connectivity index (χ2v) is 5.78. The molecule has 22 heavy (non-hydrogen) atoms. The summed E-state index contributed by atoms with van der Waals surface area (Å²) in [6.45, 7) is 4.76. The summed E-state index contributed by atoms with van der Waals surface area (Å²) in [4.78, 5) is 9.01. The summed E-state index contributed by atoms with van der Waals surface area (Å²) in [5.74, 6) is 3.64. The number of nitrogens with one attached hydrogen (secondary N) is 1. The first-order chi connectivity index (χ1) is 10.6. The van der Waals surface area contributed by atoms with Crippen LogP contribution < -0.4 is 5.32 Å². The second-order valence-electron chi connectivity index (χ2n) is 5.78. The van der Waals surface area contributed by atoms with Crippen molar-refractivity contribution in [1.82, 2.24) is 34.5 Å². The van der Waals surface area contributed by atoms with Crippen molar-refractivity contribution >= 4 is 16.9 Å². The van der Waals surface area contributed by atoms with Gasteiger partial charge in [-0.05, 0) is 20.3 Å². The molecule has 4 rings (SSSR count). The third kappa shape index (κ3) is 2.02. The topological polar surface area (TPSA) is 86.3 Å². The van der Waals surface area contributed by atoms with Crippen molar-refractivity contribution < 1.29 is 0 Å². The number of aryl methyl sites for hydroxylation is 4. The highest BCUT2D eigenvalue weighted by Gasteiger charge is 2.22. The molecule has 8 heteroatoms. The maximum Gasteiger partial charge on any atom is 0.163 e. The predicted octanol–water partition coefficient (Wildman–Crippen LogP) is 0.999. The number of anilines is 1. The monoisotopic (exact) mass is 298 g/mol. The molecule has 1 atom stereocenters. The van der Waals surface area contributed by atoms with Crippen LogP contribution in [0.3, 0.4) is 0 Å². The molecule has 1 N–H and O–H groups in total. The van der Waals surface area contributed by atoms with E-state index in [0.29, 0.717) is 6.04 Å². The van der Waals surface area contributed by atoms with Gasteiger partial charge in [-0.3, -0.25) is 4.68 Å². The Labute approximate surface area is 127 Å². The number of aromatic nitrogens is 7. The van der Waals surface area contributed by atoms with Gasteiger partial charge >= 0.3 is 0 Å². The first-order valence-corrected chi connectivity index (χ1v) is 7.43. The van der Waals surface area contributed by atoms with Crippen LogP contribution in [0.2, 0.25) is 0 Å². The largest absolute Gasteiger partial charge is 0.365 e. The Morgan fingerprint density at radius 1 is 1.23 bits per heavy atom. The van der Waals surface area contributed by atoms with Crippen LogP contribution in [-0.4, -0.2) is 40.6 Å². The first kappa shape index (κ1) is 13.2. The van der Waals surface area contributed by atoms with Crippen molar-refractivity contribution in [3.05, 3.63) is 23.7 Å². The van der Waals surface area contributed by atoms with Crippen molar-refractivity contribution in [2.75, 3.05) is 5.32 Å². The lowest BCUT2D eigenvalue weighted by atomic mass is 10.1. The van der Waals surface area contributed by atoms with Gasteiger partial charge in [0.15, 0.2) is 5.65 Å². The van der Waals surface area contributed by atoms with Gasteiger partial charge in [0.05, 0.1) is 11.6 Å². The van der Waals surface area contributed by atoms with Crippen molar-refractivity contribution in [3.63, 3.8) is 0 Å². The number of nitrogens with zero attached hydrogens (tertiary/aromatic N) is 7. The van der Waals surface area contributed by atoms with Crippen LogP contribution >= 0.6 is 0 Å². The van der Waals surface area contributed by atoms with Gasteiger partial charge in [-0.2, -0.15) is 5.10 Å². The van der Waals surface area contributed by atoms with E-state index in [1.807, 2.05) is 27.1 Å². The van der Waals surface area contributed by atoms with Crippen molar-refractivity contribution in [3.8, 4) is 0 Å². The van der Waals surface area contributed by atoms with E-state index < -0.39 is 0 Å². The maximum atomic E-state index is 4.56. The SMILES string of the molecule is Cc1nc(N[C@@H]2CCc3nnc(C)n3C2)c2cnn(C)c2n1. The van der Waals surface area contributed by atoms with Crippen LogP contribution in [-0.2, 0) is 20.0 Å². The number of fused-ring (bicyclic) bond motifs is 2. The Balaban J connectivity index is 1.66. The molecule has 0 unspecified atom stereocenters. The maximum absolute atomic E-state index is 4.56. The van der Waals surface area contributed by atoms with E-state index >= 15 is 0 Å². The molecule has 3 aromatic rings. The molecular weight excluding hydrogens is 280 g/mol. The summed E-state index contributed by atoms with van der Waals surface area (Å²) in [5, 5.41) is 17.2. The number of hydrogen-bond acceptors (Lipinski definition) is 6. The van der Waals surface area contributed by atoms with Gasteiger partial charge in [0.2, 0.25) is 0 Å². The fraction of sp³-hybridized carbons (Fsp3) is 0.500. The Morgan fingerprint density at radius 3 is 2.95 bits per heavy atom. The van der Waals surface area contributed by atoms with Crippen LogP contribution in [0.25, 0.3) is 11.0 Å². The van der Waals surface area contributed by atoms with Crippen molar-refractivity contribution in [1.29, 1.82) is 0 Å². The minimum Gasteiger partial charge on any atom is -0.365 e. The van der Waals surface area contributed by atoms with E-state index in [-0.39, 0.29) is 0 Å². The van der Waals surface area contributed by atoms with Gasteiger partial charge in [0, 0.05) is 26.1 Å². The Bertz CT molecular complexity index is 846. The highest BCUT2D eigenvalue weighted by molar-refractivity contribution is 5.86. The summed E-state index contributed by atoms with van der Waals surface area (Å²) in [7, 11) is 1.89. The molecule has 0 amide bonds. The molecule has 8 nitrogen and oxygen atoms in total. The highest BCUT2D eigenvalue weighted by atomic mass is 15.3. The van der Waals surface area contributed by atoms with E-state index in [9.17, 15) is 0 Å². The molecular formula is C14H18N8. The zero-order chi connectivity index (χ0) is 15.3. The molecule has 4 heterocycles. The summed E-state index contributed by atoms with van der Waals surface area (Å²) in [6, 6.07) is 0.305. The summed E-state index contributed by atoms with van der Waals surface area (Å²) in [6.07, 6.45) is 3.76. The highest BCUT2D eigenvalue weighted by Crippen LogP contribution is 2.23. The zero-order valence-corrected chi connectivity index (χ0v) is 12.9. The molecule has 0 aromatic carbocycles. The van der Waals surface area contributed by atoms with Gasteiger partial charge < -0.3 is 9.88 Å². The lowest BCUT2D eigenvalue weighted by Crippen LogP contribution is -2.32. The average Bonchev–Trinajstić information content (AvgIpc) is 3.04. The van der Waals surface area contributed by atoms with Crippen LogP contribution in [0.4, 0.5) is 5.82 Å². The summed E-state index contributed by atoms with van der Waals surface area (Å²) >= 11 is 0. The van der Waals surface area contributed by atoms with Crippen LogP contribution in [0.5, 0.6) is 0 Å². The van der Waals surface area contributed by atoms with Crippen LogP contribution in [0.1, 0.15) is 23.9 Å². The fourth-order valence-corrected chi connectivity index (χ4v) is 3.01. The number of hydrogen-bond donors (Lipinski definition) is 1. The van der Waals surface area contributed by atoms with Crippen molar-refractivity contribution in [2.45, 2.75) is 39.3 Å². The van der Waals surface area contributed by atoms with E-state index in [1.54, 1.807) is 4.68 Å². The van der Waals surface area contributed by atoms with E-state index in [2.05, 4.69) is 35.1 Å². The molecule has 1 aliphatic heterocycles. The molecule has 0 saturated carbocycles. The Kier molecular flexibility index (Phi) is 2.85. The van der Waals surface area contributed by atoms with Gasteiger partial charge in [0.1, 0.15) is 23.3 Å². The molecule has 0 aliphatic carbocycles. The molecule has 1 aliphatic rings. The molecule has 0 spiro atoms. The lowest BCUT2D eigenvalue weighted by molar-refractivity contribution is 0.469. The zero-order valence-electron chi connectivity index (χ0n) is 12.9. The lowest BCUT2D eigenvalue weighted by Gasteiger charge is -2.25. The van der Waals surface area contributed by atoms with Crippen LogP contribution in [0, 0.1) is 13.8 Å². The molecule has 3 aromatic heterocycles. The standard InChI is InChI=1S/C14H18N8/c1-8-16-13(11-6-15-21(3)14(11)17-8)18-10-4-5-12-20-19-9(2)22(12)7-10/h6,10H,4-5,7H2,1-3H3,(H,16,17,18)/t10-/m1/s1. The van der Waals surface area contributed by atoms with Gasteiger partial charge in [0.25, 0.3) is 0 Å². The summed E-state index contributed by atoms with van der Waals surface area (Å²) < 4.78 is 3.95. The Morgan fingerprint density at radius 2 is 2.09 bits per heavy atom. The fourth-order valence-electron chi connectivity index (χ4n) is 3.01. The van der Waals surface area contributed by atoms with E-state index in [1.165, 1.54) is 0 Å². The molecule has 0 fully saturated rings. The minimum atomic E-state index is 0.305. The number of rotatable bonds is 2. The normalized spacial score (nSPS) is 17.7. The van der Waals surface area contributed by atoms with Crippen molar-refractivity contribution in [2.24, 2.45) is 7.05 Å². The minimum absolute atomic E-state index is 0.305. The van der Waals surface area contributed by atoms with Gasteiger partial charge in [-0.1, -0.05) is 0 Å². The second kappa shape index (κ2) is 4.75. The van der Waals surface area contributed by atoms with E-state index in [0.717, 1.165) is 53.7 Å². The Hall–Kier alpha value is -2.51. The average molecular weight is 298 g/mol. The first-order valence-electron chi connectivity index (χ1n) is 7.43. The third-order valence-electron chi connectivity index (χ3n) is 4.18. The van der Waals surface area contributed by atoms with Gasteiger partial charge in [-0.15, -0.1) is 10.2 Å². The van der Waals surface area contributed by atoms with Gasteiger partial charge in [-0.25, -0.2) is 9.97 Å². The molecule has 114 valence electrons. The van der Waals surface area contributed by atoms with Crippen LogP contribution in [0.15, 0.2) is 6.20 Å². The molecule has 0 bridgehead atoms. The van der Waals surface area contributed by atoms with E-state index in [4.69, 9.17) is 0 Å². The smallest absolute Gasteiger partial charge is 0.163 e. The summed E-state index contributed by atoms with van der Waals surface area (Å²) in [5.41, 5.74) is 0.854. The molecule has 0 saturated heterocycles.